The Bertz CT molecular complexity index is 1200. The van der Waals surface area contributed by atoms with Crippen LogP contribution in [0.1, 0.15) is 5.69 Å². The van der Waals surface area contributed by atoms with Gasteiger partial charge < -0.3 is 15.6 Å². The minimum absolute atomic E-state index is 0.000662. The summed E-state index contributed by atoms with van der Waals surface area (Å²) >= 11 is 0. The van der Waals surface area contributed by atoms with Crippen molar-refractivity contribution in [2.45, 2.75) is 5.92 Å². The van der Waals surface area contributed by atoms with Crippen LogP contribution in [0.15, 0.2) is 71.7 Å². The zero-order valence-electron chi connectivity index (χ0n) is 16.2. The van der Waals surface area contributed by atoms with Crippen LogP contribution < -0.4 is 15.6 Å². The van der Waals surface area contributed by atoms with Crippen LogP contribution in [0.5, 0.6) is 0 Å². The van der Waals surface area contributed by atoms with Crippen LogP contribution >= 0.6 is 0 Å². The van der Waals surface area contributed by atoms with Gasteiger partial charge in [-0.3, -0.25) is 4.79 Å². The lowest BCUT2D eigenvalue weighted by atomic mass is 10.1. The highest BCUT2D eigenvalue weighted by atomic mass is 19.3. The van der Waals surface area contributed by atoms with E-state index in [1.165, 1.54) is 46.1 Å². The molecule has 158 valence electrons. The van der Waals surface area contributed by atoms with Crippen LogP contribution in [0.3, 0.4) is 0 Å². The van der Waals surface area contributed by atoms with Crippen molar-refractivity contribution in [1.29, 1.82) is 5.41 Å². The number of alkyl halides is 2. The average molecular weight is 425 g/mol. The summed E-state index contributed by atoms with van der Waals surface area (Å²) in [5.74, 6) is -3.42. The highest BCUT2D eigenvalue weighted by Gasteiger charge is 2.44. The Morgan fingerprint density at radius 3 is 2.52 bits per heavy atom. The molecule has 0 amide bonds. The molecule has 0 unspecified atom stereocenters. The van der Waals surface area contributed by atoms with Gasteiger partial charge in [0.1, 0.15) is 5.69 Å². The summed E-state index contributed by atoms with van der Waals surface area (Å²) in [7, 11) is 0. The summed E-state index contributed by atoms with van der Waals surface area (Å²) in [6.07, 6.45) is 3.72. The van der Waals surface area contributed by atoms with E-state index in [1.807, 2.05) is 18.2 Å². The van der Waals surface area contributed by atoms with Crippen molar-refractivity contribution in [2.24, 2.45) is 0 Å². The van der Waals surface area contributed by atoms with E-state index in [-0.39, 0.29) is 17.1 Å². The molecule has 2 N–H and O–H groups in total. The van der Waals surface area contributed by atoms with E-state index < -0.39 is 30.3 Å². The molecule has 1 fully saturated rings. The van der Waals surface area contributed by atoms with E-state index in [0.29, 0.717) is 11.4 Å². The normalized spacial score (nSPS) is 15.3. The zero-order valence-corrected chi connectivity index (χ0v) is 16.2. The van der Waals surface area contributed by atoms with Gasteiger partial charge in [-0.25, -0.2) is 17.9 Å². The molecule has 0 saturated carbocycles. The number of para-hydroxylation sites is 1. The molecule has 3 aromatic rings. The molecule has 4 rings (SSSR count). The standard InChI is InChI=1S/C22H18F3N5O/c23-17-12-16(29-13-22(24,25)14-29)6-7-19(17)30-11-9-20(31)21(28-30)18(8-10-26)27-15-4-2-1-3-5-15/h1-12,26-27H,13-14H2/b18-8-,26-10?. The molecule has 9 heteroatoms. The fourth-order valence-electron chi connectivity index (χ4n) is 3.24. The van der Waals surface area contributed by atoms with Crippen LogP contribution in [-0.2, 0) is 0 Å². The Morgan fingerprint density at radius 2 is 1.87 bits per heavy atom. The Balaban J connectivity index is 1.66. The summed E-state index contributed by atoms with van der Waals surface area (Å²) in [5.41, 5.74) is 0.970. The third-order valence-electron chi connectivity index (χ3n) is 4.75. The van der Waals surface area contributed by atoms with E-state index in [0.717, 1.165) is 6.21 Å². The van der Waals surface area contributed by atoms with Crippen molar-refractivity contribution in [3.63, 3.8) is 0 Å². The number of hydrogen-bond acceptors (Lipinski definition) is 5. The predicted molar refractivity (Wildman–Crippen MR) is 114 cm³/mol. The highest BCUT2D eigenvalue weighted by Crippen LogP contribution is 2.32. The zero-order chi connectivity index (χ0) is 22.0. The minimum atomic E-state index is -2.76. The molecule has 2 heterocycles. The molecule has 1 saturated heterocycles. The molecular weight excluding hydrogens is 407 g/mol. The fraction of sp³-hybridized carbons (Fsp3) is 0.136. The third-order valence-corrected chi connectivity index (χ3v) is 4.75. The van der Waals surface area contributed by atoms with Gasteiger partial charge in [-0.1, -0.05) is 18.2 Å². The number of hydrogen-bond donors (Lipinski definition) is 2. The maximum Gasteiger partial charge on any atom is 0.282 e. The Kier molecular flexibility index (Phi) is 5.33. The number of anilines is 2. The van der Waals surface area contributed by atoms with Crippen LogP contribution in [0.4, 0.5) is 24.5 Å². The first kappa shape index (κ1) is 20.4. The Hall–Kier alpha value is -3.88. The highest BCUT2D eigenvalue weighted by molar-refractivity contribution is 5.86. The maximum absolute atomic E-state index is 14.8. The van der Waals surface area contributed by atoms with Gasteiger partial charge in [0.2, 0.25) is 5.43 Å². The summed E-state index contributed by atoms with van der Waals surface area (Å²) in [6.45, 7) is -0.899. The van der Waals surface area contributed by atoms with Gasteiger partial charge in [0.05, 0.1) is 18.8 Å². The molecule has 1 aromatic heterocycles. The lowest BCUT2D eigenvalue weighted by Crippen LogP contribution is -2.56. The molecule has 0 aliphatic carbocycles. The van der Waals surface area contributed by atoms with Gasteiger partial charge in [-0.05, 0) is 36.4 Å². The molecule has 1 aliphatic rings. The van der Waals surface area contributed by atoms with Gasteiger partial charge in [0, 0.05) is 29.9 Å². The quantitative estimate of drug-likeness (QED) is 0.587. The summed E-state index contributed by atoms with van der Waals surface area (Å²) in [4.78, 5) is 13.8. The van der Waals surface area contributed by atoms with Crippen molar-refractivity contribution in [1.82, 2.24) is 9.78 Å². The van der Waals surface area contributed by atoms with Crippen molar-refractivity contribution in [3.8, 4) is 5.69 Å². The second kappa shape index (κ2) is 8.10. The molecule has 0 bridgehead atoms. The average Bonchev–Trinajstić information content (AvgIpc) is 2.73. The summed E-state index contributed by atoms with van der Waals surface area (Å²) in [6, 6.07) is 14.4. The molecule has 0 spiro atoms. The third kappa shape index (κ3) is 4.35. The van der Waals surface area contributed by atoms with E-state index in [1.54, 1.807) is 12.1 Å². The minimum Gasteiger partial charge on any atom is -0.359 e. The molecule has 6 nitrogen and oxygen atoms in total. The second-order valence-electron chi connectivity index (χ2n) is 7.06. The molecule has 2 aromatic carbocycles. The number of aromatic nitrogens is 2. The molecule has 0 radical (unpaired) electrons. The smallest absolute Gasteiger partial charge is 0.282 e. The van der Waals surface area contributed by atoms with Gasteiger partial charge >= 0.3 is 0 Å². The van der Waals surface area contributed by atoms with Gasteiger partial charge in [-0.15, -0.1) is 0 Å². The number of allylic oxidation sites excluding steroid dienone is 1. The van der Waals surface area contributed by atoms with Crippen LogP contribution in [0.2, 0.25) is 0 Å². The maximum atomic E-state index is 14.8. The summed E-state index contributed by atoms with van der Waals surface area (Å²) < 4.78 is 42.1. The van der Waals surface area contributed by atoms with E-state index >= 15 is 0 Å². The number of nitrogens with one attached hydrogen (secondary N) is 2. The molecule has 31 heavy (non-hydrogen) atoms. The first-order valence-corrected chi connectivity index (χ1v) is 9.42. The summed E-state index contributed by atoms with van der Waals surface area (Å²) in [5, 5.41) is 14.7. The lowest BCUT2D eigenvalue weighted by molar-refractivity contribution is -0.0262. The first-order valence-electron chi connectivity index (χ1n) is 9.42. The van der Waals surface area contributed by atoms with Gasteiger partial charge in [0.25, 0.3) is 5.92 Å². The largest absolute Gasteiger partial charge is 0.359 e. The fourth-order valence-corrected chi connectivity index (χ4v) is 3.24. The number of benzene rings is 2. The van der Waals surface area contributed by atoms with Crippen molar-refractivity contribution in [2.75, 3.05) is 23.3 Å². The molecular formula is C22H18F3N5O. The molecule has 1 aliphatic heterocycles. The number of nitrogens with zero attached hydrogens (tertiary/aromatic N) is 3. The van der Waals surface area contributed by atoms with Crippen LogP contribution in [-0.4, -0.2) is 35.0 Å². The van der Waals surface area contributed by atoms with Crippen molar-refractivity contribution in [3.05, 3.63) is 88.6 Å². The second-order valence-corrected chi connectivity index (χ2v) is 7.06. The van der Waals surface area contributed by atoms with Crippen LogP contribution in [0.25, 0.3) is 11.4 Å². The SMILES string of the molecule is N=C/C=C(\Nc1ccccc1)c1nn(-c2ccc(N3CC(F)(F)C3)cc2F)ccc1=O. The first-order chi connectivity index (χ1) is 14.9. The monoisotopic (exact) mass is 425 g/mol. The van der Waals surface area contributed by atoms with E-state index in [9.17, 15) is 18.0 Å². The van der Waals surface area contributed by atoms with E-state index in [2.05, 4.69) is 10.4 Å². The van der Waals surface area contributed by atoms with Crippen molar-refractivity contribution < 1.29 is 13.2 Å². The van der Waals surface area contributed by atoms with Gasteiger partial charge in [0.15, 0.2) is 11.5 Å². The number of halogens is 3. The Morgan fingerprint density at radius 1 is 1.13 bits per heavy atom. The molecule has 0 atom stereocenters. The number of rotatable bonds is 6. The predicted octanol–water partition coefficient (Wildman–Crippen LogP) is 3.93. The van der Waals surface area contributed by atoms with Crippen molar-refractivity contribution >= 4 is 23.3 Å². The van der Waals surface area contributed by atoms with E-state index in [4.69, 9.17) is 5.41 Å². The van der Waals surface area contributed by atoms with Gasteiger partial charge in [-0.2, -0.15) is 5.10 Å². The lowest BCUT2D eigenvalue weighted by Gasteiger charge is -2.40. The Labute approximate surface area is 175 Å². The van der Waals surface area contributed by atoms with Crippen LogP contribution in [0, 0.1) is 11.2 Å². The topological polar surface area (TPSA) is 74.0 Å².